The number of pyridine rings is 1. The lowest BCUT2D eigenvalue weighted by molar-refractivity contribution is -0.133. The number of amides is 4. The number of anilines is 3. The van der Waals surface area contributed by atoms with E-state index < -0.39 is 11.9 Å². The fourth-order valence-electron chi connectivity index (χ4n) is 9.26. The number of nitrogens with zero attached hydrogens (tertiary/aromatic N) is 5. The van der Waals surface area contributed by atoms with Gasteiger partial charge in [-0.3, -0.25) is 29.4 Å². The summed E-state index contributed by atoms with van der Waals surface area (Å²) < 4.78 is 35.4. The van der Waals surface area contributed by atoms with Crippen LogP contribution in [0.25, 0.3) is 11.3 Å². The van der Waals surface area contributed by atoms with Crippen LogP contribution in [0.3, 0.4) is 0 Å². The molecule has 1 aromatic carbocycles. The lowest BCUT2D eigenvalue weighted by Crippen LogP contribution is -2.47. The Bertz CT molecular complexity index is 2000. The highest BCUT2D eigenvalue weighted by molar-refractivity contribution is 6.01. The van der Waals surface area contributed by atoms with Crippen LogP contribution in [0.4, 0.5) is 26.2 Å². The van der Waals surface area contributed by atoms with Gasteiger partial charge in [0.15, 0.2) is 5.82 Å². The molecule has 3 aliphatic heterocycles. The van der Waals surface area contributed by atoms with Crippen LogP contribution in [0.1, 0.15) is 88.5 Å². The molecule has 3 saturated heterocycles. The van der Waals surface area contributed by atoms with E-state index in [4.69, 9.17) is 4.74 Å². The first-order valence-electron chi connectivity index (χ1n) is 20.7. The van der Waals surface area contributed by atoms with E-state index in [1.165, 1.54) is 17.2 Å². The molecule has 5 heterocycles. The van der Waals surface area contributed by atoms with E-state index in [1.54, 1.807) is 12.1 Å². The predicted octanol–water partition coefficient (Wildman–Crippen LogP) is 4.67. The van der Waals surface area contributed by atoms with Crippen LogP contribution < -0.4 is 26.2 Å². The third kappa shape index (κ3) is 9.28. The second-order valence-electron chi connectivity index (χ2n) is 16.3. The first kappa shape index (κ1) is 39.7. The molecule has 308 valence electrons. The lowest BCUT2D eigenvalue weighted by atomic mass is 9.83. The number of piperidine rings is 2. The Kier molecular flexibility index (Phi) is 12.2. The molecule has 1 atom stereocenters. The summed E-state index contributed by atoms with van der Waals surface area (Å²) >= 11 is 0. The Morgan fingerprint density at radius 2 is 1.60 bits per heavy atom. The minimum Gasteiger partial charge on any atom is -0.374 e. The van der Waals surface area contributed by atoms with E-state index in [2.05, 4.69) is 41.1 Å². The number of morpholine rings is 1. The van der Waals surface area contributed by atoms with E-state index in [9.17, 15) is 23.6 Å². The average Bonchev–Trinajstić information content (AvgIpc) is 3.23. The van der Waals surface area contributed by atoms with Crippen molar-refractivity contribution >= 4 is 41.1 Å². The van der Waals surface area contributed by atoms with E-state index >= 15 is 4.39 Å². The lowest BCUT2D eigenvalue weighted by Gasteiger charge is -2.41. The van der Waals surface area contributed by atoms with Gasteiger partial charge in [0.25, 0.3) is 5.91 Å². The summed E-state index contributed by atoms with van der Waals surface area (Å²) in [6, 6.07) is 8.55. The third-order valence-electron chi connectivity index (χ3n) is 12.6. The molecule has 2 aromatic heterocycles. The van der Waals surface area contributed by atoms with Gasteiger partial charge >= 0.3 is 0 Å². The van der Waals surface area contributed by atoms with Gasteiger partial charge in [-0.15, -0.1) is 0 Å². The van der Waals surface area contributed by atoms with Crippen molar-refractivity contribution in [3.05, 3.63) is 59.9 Å². The molecule has 5 aliphatic rings. The molecular weight excluding hydrogens is 749 g/mol. The van der Waals surface area contributed by atoms with Crippen molar-refractivity contribution in [3.63, 3.8) is 0 Å². The molecule has 0 bridgehead atoms. The molecule has 5 fully saturated rings. The predicted molar refractivity (Wildman–Crippen MR) is 212 cm³/mol. The quantitative estimate of drug-likeness (QED) is 0.210. The van der Waals surface area contributed by atoms with Gasteiger partial charge in [0.1, 0.15) is 30.0 Å². The van der Waals surface area contributed by atoms with E-state index in [-0.39, 0.29) is 72.1 Å². The van der Waals surface area contributed by atoms with Crippen LogP contribution in [0.15, 0.2) is 42.7 Å². The Morgan fingerprint density at radius 1 is 0.828 bits per heavy atom. The average molecular weight is 800 g/mol. The third-order valence-corrected chi connectivity index (χ3v) is 12.6. The molecule has 4 amide bonds. The van der Waals surface area contributed by atoms with Gasteiger partial charge in [-0.2, -0.15) is 0 Å². The number of nitrogens with one attached hydrogen (secondary N) is 4. The molecule has 4 N–H and O–H groups in total. The number of rotatable bonds is 10. The van der Waals surface area contributed by atoms with E-state index in [0.717, 1.165) is 83.5 Å². The zero-order valence-corrected chi connectivity index (χ0v) is 32.6. The van der Waals surface area contributed by atoms with Crippen molar-refractivity contribution in [2.24, 2.45) is 5.92 Å². The van der Waals surface area contributed by atoms with Crippen molar-refractivity contribution in [1.29, 1.82) is 0 Å². The summed E-state index contributed by atoms with van der Waals surface area (Å²) in [5.41, 5.74) is 1.86. The maximum Gasteiger partial charge on any atom is 0.254 e. The summed E-state index contributed by atoms with van der Waals surface area (Å²) in [4.78, 5) is 66.3. The number of ether oxygens (including phenoxy) is 1. The summed E-state index contributed by atoms with van der Waals surface area (Å²) in [6.45, 7) is 2.57. The fourth-order valence-corrected chi connectivity index (χ4v) is 9.26. The topological polar surface area (TPSA) is 171 Å². The summed E-state index contributed by atoms with van der Waals surface area (Å²) in [5, 5.41) is 12.1. The minimum atomic E-state index is -0.575. The zero-order valence-electron chi connectivity index (χ0n) is 32.6. The number of carbonyl (C=O) groups is 4. The number of halogens is 2. The number of benzene rings is 1. The highest BCUT2D eigenvalue weighted by Crippen LogP contribution is 2.35. The maximum atomic E-state index is 15.3. The van der Waals surface area contributed by atoms with Crippen molar-refractivity contribution in [2.45, 2.75) is 107 Å². The van der Waals surface area contributed by atoms with Crippen LogP contribution in [0.5, 0.6) is 0 Å². The summed E-state index contributed by atoms with van der Waals surface area (Å²) in [6.07, 6.45) is 12.0. The normalized spacial score (nSPS) is 26.2. The molecule has 14 nitrogen and oxygen atoms in total. The van der Waals surface area contributed by atoms with Crippen molar-refractivity contribution in [3.8, 4) is 11.3 Å². The van der Waals surface area contributed by atoms with Gasteiger partial charge in [0, 0.05) is 47.9 Å². The molecule has 2 saturated carbocycles. The van der Waals surface area contributed by atoms with E-state index in [0.29, 0.717) is 54.2 Å². The number of hydrogen-bond acceptors (Lipinski definition) is 11. The fraction of sp³-hybridized carbons (Fsp3) is 0.548. The molecule has 8 rings (SSSR count). The van der Waals surface area contributed by atoms with Gasteiger partial charge in [0.2, 0.25) is 23.7 Å². The first-order chi connectivity index (χ1) is 28.2. The number of carbonyl (C=O) groups excluding carboxylic acids is 4. The van der Waals surface area contributed by atoms with Crippen LogP contribution in [-0.4, -0.2) is 100 Å². The molecular formula is C42H51F2N9O5. The van der Waals surface area contributed by atoms with Crippen LogP contribution >= 0.6 is 0 Å². The molecule has 58 heavy (non-hydrogen) atoms. The number of likely N-dealkylation sites (tertiary alicyclic amines) is 1. The number of hydrogen-bond donors (Lipinski definition) is 4. The van der Waals surface area contributed by atoms with Crippen LogP contribution in [0.2, 0.25) is 0 Å². The van der Waals surface area contributed by atoms with Gasteiger partial charge in [-0.25, -0.2) is 23.7 Å². The molecule has 1 unspecified atom stereocenters. The van der Waals surface area contributed by atoms with Crippen LogP contribution in [-0.2, 0) is 23.9 Å². The Labute approximate surface area is 336 Å². The maximum absolute atomic E-state index is 15.3. The SMILES string of the molecule is O=C1CCC(Nc2ccc(C3CCN([C@H]4CC[C@H](NC(=O)[C@H]5CC[C@H](Nc6ncc(F)c(-c7ccnc(N8CCOCC8=O)c7)n6)CC5)CC4)CC3)c(F)c2)C(=O)N1. The van der Waals surface area contributed by atoms with Gasteiger partial charge < -0.3 is 25.6 Å². The Morgan fingerprint density at radius 3 is 2.34 bits per heavy atom. The minimum absolute atomic E-state index is 0.0183. The first-order valence-corrected chi connectivity index (χ1v) is 20.7. The standard InChI is InChI=1S/C42H51F2N9O5/c43-33-22-30(47-35-11-12-37(54)50-41(35)57)7-10-32(33)25-14-17-52(18-15-25)31-8-5-28(6-9-31)48-40(56)26-1-3-29(4-2-26)49-42-46-23-34(44)39(51-42)27-13-16-45-36(21-27)53-19-20-58-24-38(53)55/h7,10,13,16,21-23,25-26,28-29,31,35,47H,1-6,8-9,11-12,14-15,17-20,24H2,(H,48,56)(H,46,49,51)(H,50,54,57)/t26-,28-,29-,31-,35?. The highest BCUT2D eigenvalue weighted by Gasteiger charge is 2.33. The van der Waals surface area contributed by atoms with Crippen molar-refractivity contribution in [1.82, 2.24) is 30.5 Å². The highest BCUT2D eigenvalue weighted by atomic mass is 19.1. The molecule has 0 spiro atoms. The smallest absolute Gasteiger partial charge is 0.254 e. The van der Waals surface area contributed by atoms with Crippen molar-refractivity contribution < 1.29 is 32.7 Å². The number of aromatic nitrogens is 3. The summed E-state index contributed by atoms with van der Waals surface area (Å²) in [5.74, 6) is -0.771. The second-order valence-corrected chi connectivity index (χ2v) is 16.3. The van der Waals surface area contributed by atoms with Crippen LogP contribution in [0, 0.1) is 17.6 Å². The van der Waals surface area contributed by atoms with Gasteiger partial charge in [0.05, 0.1) is 19.3 Å². The zero-order chi connectivity index (χ0) is 40.2. The molecule has 2 aliphatic carbocycles. The Balaban J connectivity index is 0.754. The molecule has 16 heteroatoms. The van der Waals surface area contributed by atoms with Gasteiger partial charge in [-0.05, 0) is 119 Å². The summed E-state index contributed by atoms with van der Waals surface area (Å²) in [7, 11) is 0. The van der Waals surface area contributed by atoms with E-state index in [1.807, 2.05) is 12.1 Å². The number of imide groups is 1. The largest absolute Gasteiger partial charge is 0.374 e. The molecule has 0 radical (unpaired) electrons. The molecule has 3 aromatic rings. The monoisotopic (exact) mass is 799 g/mol. The van der Waals surface area contributed by atoms with Gasteiger partial charge in [-0.1, -0.05) is 6.07 Å². The second kappa shape index (κ2) is 17.8. The van der Waals surface area contributed by atoms with Crippen molar-refractivity contribution in [2.75, 3.05) is 48.4 Å². The Hall–Kier alpha value is -5.09.